The van der Waals surface area contributed by atoms with Gasteiger partial charge in [-0.2, -0.15) is 4.37 Å². The Bertz CT molecular complexity index is 836. The number of phenols is 1. The van der Waals surface area contributed by atoms with Crippen molar-refractivity contribution in [2.24, 2.45) is 10.2 Å². The molecule has 3 rings (SSSR count). The van der Waals surface area contributed by atoms with Crippen LogP contribution in [0, 0.1) is 5.82 Å². The summed E-state index contributed by atoms with van der Waals surface area (Å²) in [5.74, 6) is -1.16. The summed E-state index contributed by atoms with van der Waals surface area (Å²) in [5, 5.41) is 19.0. The van der Waals surface area contributed by atoms with Crippen LogP contribution in [0.3, 0.4) is 0 Å². The van der Waals surface area contributed by atoms with Crippen LogP contribution in [-0.4, -0.2) is 25.7 Å². The lowest BCUT2D eigenvalue weighted by molar-refractivity contribution is 0.432. The summed E-state index contributed by atoms with van der Waals surface area (Å²) in [6.07, 6.45) is 3.52. The molecule has 2 heterocycles. The van der Waals surface area contributed by atoms with Gasteiger partial charge >= 0.3 is 0 Å². The van der Waals surface area contributed by atoms with E-state index in [1.165, 1.54) is 23.9 Å². The van der Waals surface area contributed by atoms with E-state index < -0.39 is 11.6 Å². The molecular formula is C12H8FN5OS2. The van der Waals surface area contributed by atoms with Crippen molar-refractivity contribution in [1.29, 1.82) is 0 Å². The molecule has 1 N–H and O–H groups in total. The molecule has 6 nitrogen and oxygen atoms in total. The fourth-order valence-corrected chi connectivity index (χ4v) is 2.51. The molecule has 2 aromatic heterocycles. The van der Waals surface area contributed by atoms with E-state index in [1.54, 1.807) is 6.20 Å². The second kappa shape index (κ2) is 5.70. The normalized spacial score (nSPS) is 11.5. The fraction of sp³-hybridized carbons (Fsp3) is 0.0833. The number of phenolic OH excluding ortho intramolecular Hbond substituents is 1. The lowest BCUT2D eigenvalue weighted by Gasteiger charge is -1.95. The van der Waals surface area contributed by atoms with Crippen LogP contribution in [-0.2, 0) is 0 Å². The highest BCUT2D eigenvalue weighted by Crippen LogP contribution is 2.31. The molecule has 0 aliphatic heterocycles. The smallest absolute Gasteiger partial charge is 0.189 e. The maximum Gasteiger partial charge on any atom is 0.189 e. The van der Waals surface area contributed by atoms with Crippen LogP contribution in [0.5, 0.6) is 5.75 Å². The Hall–Kier alpha value is -2.13. The van der Waals surface area contributed by atoms with E-state index >= 15 is 0 Å². The Balaban J connectivity index is 1.93. The maximum absolute atomic E-state index is 13.2. The lowest BCUT2D eigenvalue weighted by Crippen LogP contribution is -1.84. The Morgan fingerprint density at radius 2 is 2.19 bits per heavy atom. The minimum Gasteiger partial charge on any atom is -0.505 e. The first-order valence-corrected chi connectivity index (χ1v) is 7.74. The van der Waals surface area contributed by atoms with Crippen LogP contribution in [0.4, 0.5) is 15.1 Å². The number of hydrogen-bond donors (Lipinski definition) is 1. The summed E-state index contributed by atoms with van der Waals surface area (Å²) in [5.41, 5.74) is 0.860. The summed E-state index contributed by atoms with van der Waals surface area (Å²) >= 11 is 2.57. The van der Waals surface area contributed by atoms with Gasteiger partial charge < -0.3 is 5.11 Å². The van der Waals surface area contributed by atoms with Gasteiger partial charge in [0, 0.05) is 12.3 Å². The average Bonchev–Trinajstić information content (AvgIpc) is 2.90. The molecular weight excluding hydrogens is 313 g/mol. The molecule has 1 aromatic carbocycles. The van der Waals surface area contributed by atoms with Gasteiger partial charge in [0.25, 0.3) is 0 Å². The van der Waals surface area contributed by atoms with E-state index in [1.807, 2.05) is 6.26 Å². The van der Waals surface area contributed by atoms with Gasteiger partial charge in [-0.05, 0) is 29.9 Å². The number of nitrogens with zero attached hydrogens (tertiary/aromatic N) is 5. The number of halogens is 1. The van der Waals surface area contributed by atoms with Crippen molar-refractivity contribution in [3.05, 3.63) is 30.2 Å². The molecule has 0 atom stereocenters. The van der Waals surface area contributed by atoms with Gasteiger partial charge in [-0.25, -0.2) is 14.4 Å². The minimum absolute atomic E-state index is 0.300. The molecule has 0 fully saturated rings. The van der Waals surface area contributed by atoms with Crippen molar-refractivity contribution in [3.8, 4) is 5.75 Å². The van der Waals surface area contributed by atoms with E-state index in [-0.39, 0.29) is 0 Å². The molecule has 0 saturated carbocycles. The second-order valence-electron chi connectivity index (χ2n) is 3.92. The van der Waals surface area contributed by atoms with Crippen molar-refractivity contribution >= 4 is 45.0 Å². The van der Waals surface area contributed by atoms with E-state index in [9.17, 15) is 4.39 Å². The molecule has 0 aliphatic rings. The predicted molar refractivity (Wildman–Crippen MR) is 79.2 cm³/mol. The molecule has 0 aliphatic carbocycles. The number of hydrogen-bond acceptors (Lipinski definition) is 8. The second-order valence-corrected chi connectivity index (χ2v) is 5.44. The number of thioether (sulfide) groups is 1. The molecule has 9 heteroatoms. The zero-order chi connectivity index (χ0) is 14.8. The number of azo groups is 1. The van der Waals surface area contributed by atoms with Gasteiger partial charge in [0.05, 0.1) is 11.1 Å². The molecule has 0 amide bonds. The Morgan fingerprint density at radius 1 is 1.33 bits per heavy atom. The van der Waals surface area contributed by atoms with Gasteiger partial charge in [0.2, 0.25) is 0 Å². The van der Waals surface area contributed by atoms with Crippen LogP contribution in [0.2, 0.25) is 0 Å². The highest BCUT2D eigenvalue weighted by Gasteiger charge is 2.08. The third-order valence-electron chi connectivity index (χ3n) is 2.57. The van der Waals surface area contributed by atoms with E-state index in [2.05, 4.69) is 24.6 Å². The summed E-state index contributed by atoms with van der Waals surface area (Å²) in [4.78, 5) is 8.41. The van der Waals surface area contributed by atoms with Crippen LogP contribution in [0.15, 0.2) is 39.8 Å². The Kier molecular flexibility index (Phi) is 3.76. The van der Waals surface area contributed by atoms with Crippen molar-refractivity contribution < 1.29 is 9.50 Å². The number of aromatic hydroxyl groups is 1. The van der Waals surface area contributed by atoms with Gasteiger partial charge in [-0.15, -0.1) is 10.2 Å². The average molecular weight is 321 g/mol. The number of aromatic nitrogens is 3. The van der Waals surface area contributed by atoms with Crippen LogP contribution in [0.1, 0.15) is 0 Å². The third-order valence-corrected chi connectivity index (χ3v) is 3.87. The number of rotatable bonds is 3. The topological polar surface area (TPSA) is 83.6 Å². The van der Waals surface area contributed by atoms with Gasteiger partial charge in [0.1, 0.15) is 0 Å². The van der Waals surface area contributed by atoms with Crippen molar-refractivity contribution in [2.45, 2.75) is 5.16 Å². The summed E-state index contributed by atoms with van der Waals surface area (Å²) in [6.45, 7) is 0. The van der Waals surface area contributed by atoms with E-state index in [0.717, 1.165) is 17.6 Å². The number of benzene rings is 1. The first kappa shape index (κ1) is 13.8. The molecule has 0 bridgehead atoms. The fourth-order valence-electron chi connectivity index (χ4n) is 1.54. The molecule has 21 heavy (non-hydrogen) atoms. The Labute approximate surface area is 127 Å². The first-order valence-electron chi connectivity index (χ1n) is 5.74. The minimum atomic E-state index is -0.742. The van der Waals surface area contributed by atoms with Crippen LogP contribution >= 0.6 is 23.3 Å². The van der Waals surface area contributed by atoms with Gasteiger partial charge in [-0.1, -0.05) is 11.8 Å². The third kappa shape index (κ3) is 2.83. The molecule has 0 unspecified atom stereocenters. The van der Waals surface area contributed by atoms with E-state index in [0.29, 0.717) is 26.9 Å². The molecule has 0 radical (unpaired) electrons. The van der Waals surface area contributed by atoms with E-state index in [4.69, 9.17) is 5.11 Å². The van der Waals surface area contributed by atoms with Crippen LogP contribution < -0.4 is 0 Å². The van der Waals surface area contributed by atoms with Crippen molar-refractivity contribution in [1.82, 2.24) is 14.3 Å². The predicted octanol–water partition coefficient (Wildman–Crippen LogP) is 4.07. The largest absolute Gasteiger partial charge is 0.505 e. The molecule has 0 spiro atoms. The zero-order valence-electron chi connectivity index (χ0n) is 10.7. The Morgan fingerprint density at radius 3 is 2.95 bits per heavy atom. The van der Waals surface area contributed by atoms with Crippen molar-refractivity contribution in [2.75, 3.05) is 6.26 Å². The molecule has 0 saturated heterocycles. The van der Waals surface area contributed by atoms with Gasteiger partial charge in [0.15, 0.2) is 27.4 Å². The first-order chi connectivity index (χ1) is 10.2. The SMILES string of the molecule is CSc1ncc2c(N=Nc3ccc(O)c(F)c3)snc2n1. The maximum atomic E-state index is 13.2. The quantitative estimate of drug-likeness (QED) is 0.446. The standard InChI is InChI=1S/C12H8FN5OS2/c1-20-12-14-5-7-10(15-12)18-21-11(7)17-16-6-2-3-9(19)8(13)4-6/h2-5,19H,1H3. The lowest BCUT2D eigenvalue weighted by atomic mass is 10.3. The summed E-state index contributed by atoms with van der Waals surface area (Å²) in [7, 11) is 0. The molecule has 106 valence electrons. The highest BCUT2D eigenvalue weighted by molar-refractivity contribution is 7.98. The van der Waals surface area contributed by atoms with Gasteiger partial charge in [-0.3, -0.25) is 0 Å². The monoisotopic (exact) mass is 321 g/mol. The van der Waals surface area contributed by atoms with Crippen molar-refractivity contribution in [3.63, 3.8) is 0 Å². The molecule has 3 aromatic rings. The zero-order valence-corrected chi connectivity index (χ0v) is 12.3. The summed E-state index contributed by atoms with van der Waals surface area (Å²) in [6, 6.07) is 3.79. The number of fused-ring (bicyclic) bond motifs is 1. The highest BCUT2D eigenvalue weighted by atomic mass is 32.2. The summed E-state index contributed by atoms with van der Waals surface area (Å²) < 4.78 is 17.4. The van der Waals surface area contributed by atoms with Crippen LogP contribution in [0.25, 0.3) is 11.0 Å².